The first-order valence-electron chi connectivity index (χ1n) is 9.17. The molecule has 0 fully saturated rings. The highest BCUT2D eigenvalue weighted by molar-refractivity contribution is 7.18. The second kappa shape index (κ2) is 8.28. The van der Waals surface area contributed by atoms with Crippen molar-refractivity contribution < 1.29 is 23.0 Å². The summed E-state index contributed by atoms with van der Waals surface area (Å²) in [6, 6.07) is 6.19. The maximum atomic E-state index is 12.5. The highest BCUT2D eigenvalue weighted by Gasteiger charge is 2.22. The molecular formula is C20H19F2N3O3S. The molecule has 0 N–H and O–H groups in total. The van der Waals surface area contributed by atoms with Gasteiger partial charge in [0.25, 0.3) is 5.91 Å². The van der Waals surface area contributed by atoms with Crippen LogP contribution in [0.25, 0.3) is 10.2 Å². The molecule has 29 heavy (non-hydrogen) atoms. The minimum Gasteiger partial charge on any atom is -0.467 e. The van der Waals surface area contributed by atoms with E-state index in [4.69, 9.17) is 4.74 Å². The number of aryl methyl sites for hydroxylation is 2. The quantitative estimate of drug-likeness (QED) is 0.583. The van der Waals surface area contributed by atoms with Crippen molar-refractivity contribution >= 4 is 27.5 Å². The molecule has 1 amide bonds. The van der Waals surface area contributed by atoms with Gasteiger partial charge in [0.05, 0.1) is 5.39 Å². The molecule has 2 aromatic heterocycles. The van der Waals surface area contributed by atoms with Gasteiger partial charge in [-0.2, -0.15) is 8.78 Å². The molecule has 0 radical (unpaired) electrons. The molecule has 4 rings (SSSR count). The molecule has 0 saturated heterocycles. The number of amides is 1. The van der Waals surface area contributed by atoms with E-state index >= 15 is 0 Å². The van der Waals surface area contributed by atoms with Gasteiger partial charge in [-0.1, -0.05) is 12.1 Å². The number of nitrogens with zero attached hydrogens (tertiary/aromatic N) is 3. The molecule has 0 saturated carbocycles. The first-order valence-corrected chi connectivity index (χ1v) is 9.98. The predicted molar refractivity (Wildman–Crippen MR) is 104 cm³/mol. The number of halogens is 2. The van der Waals surface area contributed by atoms with Gasteiger partial charge in [-0.15, -0.1) is 11.3 Å². The van der Waals surface area contributed by atoms with E-state index in [0.717, 1.165) is 35.0 Å². The van der Waals surface area contributed by atoms with Crippen molar-refractivity contribution in [3.8, 4) is 11.6 Å². The van der Waals surface area contributed by atoms with Gasteiger partial charge < -0.3 is 14.4 Å². The van der Waals surface area contributed by atoms with Crippen LogP contribution in [0.5, 0.6) is 11.6 Å². The molecule has 9 heteroatoms. The van der Waals surface area contributed by atoms with Gasteiger partial charge in [-0.25, -0.2) is 9.97 Å². The third-order valence-electron chi connectivity index (χ3n) is 4.79. The number of hydrogen-bond acceptors (Lipinski definition) is 6. The summed E-state index contributed by atoms with van der Waals surface area (Å²) in [5.41, 5.74) is 2.04. The highest BCUT2D eigenvalue weighted by Crippen LogP contribution is 2.39. The van der Waals surface area contributed by atoms with Crippen LogP contribution < -0.4 is 9.47 Å². The van der Waals surface area contributed by atoms with E-state index in [1.165, 1.54) is 33.8 Å². The predicted octanol–water partition coefficient (Wildman–Crippen LogP) is 3.82. The van der Waals surface area contributed by atoms with Crippen molar-refractivity contribution in [2.24, 2.45) is 0 Å². The molecule has 6 nitrogen and oxygen atoms in total. The number of ether oxygens (including phenoxy) is 2. The van der Waals surface area contributed by atoms with Gasteiger partial charge in [0.15, 0.2) is 6.61 Å². The number of thiophene rings is 1. The van der Waals surface area contributed by atoms with Gasteiger partial charge in [0.2, 0.25) is 5.88 Å². The zero-order valence-electron chi connectivity index (χ0n) is 15.7. The molecule has 0 spiro atoms. The van der Waals surface area contributed by atoms with Crippen LogP contribution in [0.15, 0.2) is 30.6 Å². The van der Waals surface area contributed by atoms with E-state index < -0.39 is 6.61 Å². The van der Waals surface area contributed by atoms with E-state index in [-0.39, 0.29) is 18.3 Å². The van der Waals surface area contributed by atoms with E-state index in [1.54, 1.807) is 30.5 Å². The topological polar surface area (TPSA) is 64.5 Å². The summed E-state index contributed by atoms with van der Waals surface area (Å²) in [5, 5.41) is 0.926. The average molecular weight is 419 g/mol. The lowest BCUT2D eigenvalue weighted by Crippen LogP contribution is -2.31. The SMILES string of the molecule is CN(Cc1ccc(OC(F)F)cc1)C(=O)COc1ncnc2sc3c(c12)CCC3. The van der Waals surface area contributed by atoms with Crippen LogP contribution >= 0.6 is 11.3 Å². The van der Waals surface area contributed by atoms with Gasteiger partial charge >= 0.3 is 6.61 Å². The molecular weight excluding hydrogens is 400 g/mol. The molecule has 1 aliphatic rings. The number of carbonyl (C=O) groups is 1. The summed E-state index contributed by atoms with van der Waals surface area (Å²) in [4.78, 5) is 24.8. The zero-order chi connectivity index (χ0) is 20.4. The molecule has 152 valence electrons. The largest absolute Gasteiger partial charge is 0.467 e. The van der Waals surface area contributed by atoms with Crippen molar-refractivity contribution in [3.63, 3.8) is 0 Å². The van der Waals surface area contributed by atoms with Crippen LogP contribution in [0.4, 0.5) is 8.78 Å². The Kier molecular flexibility index (Phi) is 5.57. The number of benzene rings is 1. The van der Waals surface area contributed by atoms with Crippen LogP contribution in [0, 0.1) is 0 Å². The molecule has 0 bridgehead atoms. The third-order valence-corrected chi connectivity index (χ3v) is 5.99. The molecule has 2 heterocycles. The molecule has 3 aromatic rings. The fourth-order valence-corrected chi connectivity index (χ4v) is 4.61. The summed E-state index contributed by atoms with van der Waals surface area (Å²) < 4.78 is 34.5. The van der Waals surface area contributed by atoms with Gasteiger partial charge in [0, 0.05) is 18.5 Å². The minimum absolute atomic E-state index is 0.0807. The Morgan fingerprint density at radius 1 is 1.24 bits per heavy atom. The first kappa shape index (κ1) is 19.5. The normalized spacial score (nSPS) is 13.0. The number of carbonyl (C=O) groups excluding carboxylic acids is 1. The highest BCUT2D eigenvalue weighted by atomic mass is 32.1. The summed E-state index contributed by atoms with van der Waals surface area (Å²) in [6.07, 6.45) is 4.62. The Morgan fingerprint density at radius 3 is 2.79 bits per heavy atom. The Labute approximate surface area is 170 Å². The molecule has 0 unspecified atom stereocenters. The number of rotatable bonds is 7. The monoisotopic (exact) mass is 419 g/mol. The van der Waals surface area contributed by atoms with Crippen LogP contribution in [-0.4, -0.2) is 41.0 Å². The standard InChI is InChI=1S/C20H19F2N3O3S/c1-25(9-12-5-7-13(8-6-12)28-20(21)22)16(26)10-27-18-17-14-3-2-4-15(14)29-19(17)24-11-23-18/h5-8,11,20H,2-4,9-10H2,1H3. The maximum Gasteiger partial charge on any atom is 0.387 e. The molecule has 1 aromatic carbocycles. The lowest BCUT2D eigenvalue weighted by atomic mass is 10.2. The Balaban J connectivity index is 1.38. The van der Waals surface area contributed by atoms with Crippen molar-refractivity contribution in [1.82, 2.24) is 14.9 Å². The number of hydrogen-bond donors (Lipinski definition) is 0. The third kappa shape index (κ3) is 4.29. The van der Waals surface area contributed by atoms with Crippen molar-refractivity contribution in [2.75, 3.05) is 13.7 Å². The Hall–Kier alpha value is -2.81. The average Bonchev–Trinajstić information content (AvgIpc) is 3.28. The summed E-state index contributed by atoms with van der Waals surface area (Å²) in [7, 11) is 1.66. The summed E-state index contributed by atoms with van der Waals surface area (Å²) in [6.45, 7) is -2.68. The smallest absolute Gasteiger partial charge is 0.387 e. The fraction of sp³-hybridized carbons (Fsp3) is 0.350. The van der Waals surface area contributed by atoms with Crippen molar-refractivity contribution in [3.05, 3.63) is 46.6 Å². The van der Waals surface area contributed by atoms with E-state index in [2.05, 4.69) is 14.7 Å². The number of likely N-dealkylation sites (N-methyl/N-ethyl adjacent to an activating group) is 1. The number of fused-ring (bicyclic) bond motifs is 3. The minimum atomic E-state index is -2.86. The van der Waals surface area contributed by atoms with Crippen LogP contribution in [0.1, 0.15) is 22.4 Å². The second-order valence-electron chi connectivity index (χ2n) is 6.78. The van der Waals surface area contributed by atoms with E-state index in [1.807, 2.05) is 0 Å². The van der Waals surface area contributed by atoms with Gasteiger partial charge in [-0.05, 0) is 42.5 Å². The van der Waals surface area contributed by atoms with Crippen molar-refractivity contribution in [1.29, 1.82) is 0 Å². The molecule has 1 aliphatic carbocycles. The van der Waals surface area contributed by atoms with Gasteiger partial charge in [0.1, 0.15) is 16.9 Å². The summed E-state index contributed by atoms with van der Waals surface area (Å²) in [5.74, 6) is 0.318. The zero-order valence-corrected chi connectivity index (χ0v) is 16.5. The molecule has 0 atom stereocenters. The molecule has 0 aliphatic heterocycles. The van der Waals surface area contributed by atoms with Crippen LogP contribution in [0.2, 0.25) is 0 Å². The maximum absolute atomic E-state index is 12.5. The fourth-order valence-electron chi connectivity index (χ4n) is 3.39. The number of alkyl halides is 2. The van der Waals surface area contributed by atoms with Crippen LogP contribution in [0.3, 0.4) is 0 Å². The van der Waals surface area contributed by atoms with E-state index in [0.29, 0.717) is 12.4 Å². The van der Waals surface area contributed by atoms with Crippen LogP contribution in [-0.2, 0) is 24.2 Å². The Bertz CT molecular complexity index is 1020. The number of aromatic nitrogens is 2. The second-order valence-corrected chi connectivity index (χ2v) is 7.86. The summed E-state index contributed by atoms with van der Waals surface area (Å²) >= 11 is 1.66. The first-order chi connectivity index (χ1) is 14.0. The lowest BCUT2D eigenvalue weighted by molar-refractivity contribution is -0.132. The van der Waals surface area contributed by atoms with Crippen molar-refractivity contribution in [2.45, 2.75) is 32.4 Å². The van der Waals surface area contributed by atoms with Gasteiger partial charge in [-0.3, -0.25) is 4.79 Å². The van der Waals surface area contributed by atoms with E-state index in [9.17, 15) is 13.6 Å². The Morgan fingerprint density at radius 2 is 2.03 bits per heavy atom. The lowest BCUT2D eigenvalue weighted by Gasteiger charge is -2.18.